The lowest BCUT2D eigenvalue weighted by atomic mass is 10.1. The van der Waals surface area contributed by atoms with E-state index in [4.69, 9.17) is 4.74 Å². The number of ether oxygens (including phenoxy) is 1. The summed E-state index contributed by atoms with van der Waals surface area (Å²) in [4.78, 5) is 22.5. The zero-order chi connectivity index (χ0) is 14.3. The minimum atomic E-state index is -0.166. The van der Waals surface area contributed by atoms with Crippen LogP contribution in [-0.2, 0) is 4.79 Å². The van der Waals surface area contributed by atoms with Gasteiger partial charge in [-0.25, -0.2) is 0 Å². The second-order valence-electron chi connectivity index (χ2n) is 4.93. The summed E-state index contributed by atoms with van der Waals surface area (Å²) in [6.45, 7) is 6.63. The fourth-order valence-corrected chi connectivity index (χ4v) is 1.65. The van der Waals surface area contributed by atoms with Crippen molar-refractivity contribution >= 4 is 12.2 Å². The van der Waals surface area contributed by atoms with Gasteiger partial charge in [-0.3, -0.25) is 9.59 Å². The maximum absolute atomic E-state index is 11.6. The number of amides is 1. The Morgan fingerprint density at radius 2 is 2.16 bits per heavy atom. The Labute approximate surface area is 114 Å². The number of rotatable bonds is 7. The first kappa shape index (κ1) is 15.2. The van der Waals surface area contributed by atoms with Crippen molar-refractivity contribution in [3.8, 4) is 5.75 Å². The summed E-state index contributed by atoms with van der Waals surface area (Å²) in [6.07, 6.45) is 1.68. The maximum Gasteiger partial charge on any atom is 0.257 e. The zero-order valence-corrected chi connectivity index (χ0v) is 11.7. The number of carbonyl (C=O) groups excluding carboxylic acids is 2. The molecule has 0 radical (unpaired) electrons. The predicted octanol–water partition coefficient (Wildman–Crippen LogP) is 2.35. The number of benzene rings is 1. The van der Waals surface area contributed by atoms with Crippen molar-refractivity contribution < 1.29 is 14.3 Å². The molecule has 4 nitrogen and oxygen atoms in total. The van der Waals surface area contributed by atoms with Crippen LogP contribution in [0.4, 0.5) is 0 Å². The van der Waals surface area contributed by atoms with Crippen LogP contribution >= 0.6 is 0 Å². The molecule has 0 bridgehead atoms. The molecule has 0 heterocycles. The third kappa shape index (κ3) is 5.12. The van der Waals surface area contributed by atoms with Crippen LogP contribution in [0.3, 0.4) is 0 Å². The van der Waals surface area contributed by atoms with E-state index in [9.17, 15) is 9.59 Å². The van der Waals surface area contributed by atoms with Crippen molar-refractivity contribution in [2.24, 2.45) is 5.92 Å². The van der Waals surface area contributed by atoms with E-state index < -0.39 is 0 Å². The van der Waals surface area contributed by atoms with Gasteiger partial charge in [0, 0.05) is 6.54 Å². The van der Waals surface area contributed by atoms with E-state index in [0.29, 0.717) is 23.8 Å². The summed E-state index contributed by atoms with van der Waals surface area (Å²) in [5, 5.41) is 2.79. The third-order valence-electron chi connectivity index (χ3n) is 2.76. The SMILES string of the molecule is Cc1cccc(C=O)c1OCC(=O)NCCC(C)C. The standard InChI is InChI=1S/C15H21NO3/c1-11(2)7-8-16-14(18)10-19-15-12(3)5-4-6-13(15)9-17/h4-6,9,11H,7-8,10H2,1-3H3,(H,16,18). The smallest absolute Gasteiger partial charge is 0.257 e. The normalized spacial score (nSPS) is 10.3. The minimum absolute atomic E-state index is 0.0657. The van der Waals surface area contributed by atoms with Crippen LogP contribution in [0, 0.1) is 12.8 Å². The van der Waals surface area contributed by atoms with Crippen LogP contribution in [0.2, 0.25) is 0 Å². The molecule has 1 rings (SSSR count). The number of aryl methyl sites for hydroxylation is 1. The van der Waals surface area contributed by atoms with Crippen molar-refractivity contribution in [3.05, 3.63) is 29.3 Å². The van der Waals surface area contributed by atoms with Crippen molar-refractivity contribution in [2.75, 3.05) is 13.2 Å². The molecule has 1 amide bonds. The predicted molar refractivity (Wildman–Crippen MR) is 74.5 cm³/mol. The quantitative estimate of drug-likeness (QED) is 0.768. The van der Waals surface area contributed by atoms with Gasteiger partial charge in [-0.2, -0.15) is 0 Å². The van der Waals surface area contributed by atoms with Crippen molar-refractivity contribution in [1.82, 2.24) is 5.32 Å². The number of hydrogen-bond donors (Lipinski definition) is 1. The zero-order valence-electron chi connectivity index (χ0n) is 11.7. The molecule has 1 aromatic carbocycles. The third-order valence-corrected chi connectivity index (χ3v) is 2.76. The average molecular weight is 263 g/mol. The van der Waals surface area contributed by atoms with Gasteiger partial charge < -0.3 is 10.1 Å². The molecule has 1 N–H and O–H groups in total. The largest absolute Gasteiger partial charge is 0.483 e. The van der Waals surface area contributed by atoms with Gasteiger partial charge in [0.25, 0.3) is 5.91 Å². The Kier molecular flexibility index (Phi) is 6.06. The first-order valence-corrected chi connectivity index (χ1v) is 6.49. The van der Waals surface area contributed by atoms with E-state index in [1.165, 1.54) is 0 Å². The van der Waals surface area contributed by atoms with E-state index in [2.05, 4.69) is 19.2 Å². The summed E-state index contributed by atoms with van der Waals surface area (Å²) >= 11 is 0. The van der Waals surface area contributed by atoms with E-state index in [-0.39, 0.29) is 12.5 Å². The van der Waals surface area contributed by atoms with Gasteiger partial charge in [-0.05, 0) is 30.9 Å². The Bertz CT molecular complexity index is 441. The molecule has 0 aliphatic carbocycles. The van der Waals surface area contributed by atoms with E-state index in [1.807, 2.05) is 13.0 Å². The van der Waals surface area contributed by atoms with E-state index in [1.54, 1.807) is 12.1 Å². The molecule has 0 spiro atoms. The molecule has 0 aliphatic rings. The molecular weight excluding hydrogens is 242 g/mol. The van der Waals surface area contributed by atoms with Crippen molar-refractivity contribution in [3.63, 3.8) is 0 Å². The summed E-state index contributed by atoms with van der Waals surface area (Å²) in [7, 11) is 0. The molecule has 19 heavy (non-hydrogen) atoms. The van der Waals surface area contributed by atoms with Gasteiger partial charge in [0.15, 0.2) is 12.9 Å². The average Bonchev–Trinajstić information content (AvgIpc) is 2.36. The number of carbonyl (C=O) groups is 2. The fourth-order valence-electron chi connectivity index (χ4n) is 1.65. The Morgan fingerprint density at radius 3 is 2.79 bits per heavy atom. The number of hydrogen-bond acceptors (Lipinski definition) is 3. The van der Waals surface area contributed by atoms with Gasteiger partial charge >= 0.3 is 0 Å². The number of para-hydroxylation sites is 1. The van der Waals surface area contributed by atoms with E-state index in [0.717, 1.165) is 18.3 Å². The fraction of sp³-hybridized carbons (Fsp3) is 0.467. The molecule has 0 aromatic heterocycles. The Balaban J connectivity index is 2.48. The summed E-state index contributed by atoms with van der Waals surface area (Å²) in [6, 6.07) is 5.31. The Hall–Kier alpha value is -1.84. The minimum Gasteiger partial charge on any atom is -0.483 e. The highest BCUT2D eigenvalue weighted by Crippen LogP contribution is 2.21. The highest BCUT2D eigenvalue weighted by Gasteiger charge is 2.08. The highest BCUT2D eigenvalue weighted by atomic mass is 16.5. The van der Waals surface area contributed by atoms with Crippen LogP contribution in [0.5, 0.6) is 5.75 Å². The first-order chi connectivity index (χ1) is 9.04. The first-order valence-electron chi connectivity index (χ1n) is 6.49. The van der Waals surface area contributed by atoms with Gasteiger partial charge in [0.2, 0.25) is 0 Å². The van der Waals surface area contributed by atoms with Crippen LogP contribution in [0.15, 0.2) is 18.2 Å². The van der Waals surface area contributed by atoms with Crippen LogP contribution in [0.1, 0.15) is 36.2 Å². The molecule has 0 saturated heterocycles. The summed E-state index contributed by atoms with van der Waals surface area (Å²) < 4.78 is 5.43. The molecule has 1 aromatic rings. The second-order valence-corrected chi connectivity index (χ2v) is 4.93. The second kappa shape index (κ2) is 7.56. The van der Waals surface area contributed by atoms with Crippen LogP contribution < -0.4 is 10.1 Å². The van der Waals surface area contributed by atoms with Gasteiger partial charge in [-0.15, -0.1) is 0 Å². The number of nitrogens with one attached hydrogen (secondary N) is 1. The van der Waals surface area contributed by atoms with E-state index >= 15 is 0 Å². The molecule has 0 fully saturated rings. The molecule has 4 heteroatoms. The lowest BCUT2D eigenvalue weighted by Crippen LogP contribution is -2.30. The van der Waals surface area contributed by atoms with Crippen molar-refractivity contribution in [2.45, 2.75) is 27.2 Å². The van der Waals surface area contributed by atoms with Crippen molar-refractivity contribution in [1.29, 1.82) is 0 Å². The summed E-state index contributed by atoms with van der Waals surface area (Å²) in [5.74, 6) is 0.872. The molecule has 0 saturated carbocycles. The molecule has 0 aliphatic heterocycles. The highest BCUT2D eigenvalue weighted by molar-refractivity contribution is 5.81. The van der Waals surface area contributed by atoms with Crippen LogP contribution in [0.25, 0.3) is 0 Å². The van der Waals surface area contributed by atoms with Gasteiger partial charge in [0.05, 0.1) is 5.56 Å². The molecule has 104 valence electrons. The number of aldehydes is 1. The molecule has 0 atom stereocenters. The Morgan fingerprint density at radius 1 is 1.42 bits per heavy atom. The maximum atomic E-state index is 11.6. The van der Waals surface area contributed by atoms with Gasteiger partial charge in [-0.1, -0.05) is 26.0 Å². The van der Waals surface area contributed by atoms with Crippen LogP contribution in [-0.4, -0.2) is 25.3 Å². The lowest BCUT2D eigenvalue weighted by molar-refractivity contribution is -0.123. The monoisotopic (exact) mass is 263 g/mol. The topological polar surface area (TPSA) is 55.4 Å². The summed E-state index contributed by atoms with van der Waals surface area (Å²) in [5.41, 5.74) is 1.31. The molecule has 0 unspecified atom stereocenters. The molecular formula is C15H21NO3. The van der Waals surface area contributed by atoms with Gasteiger partial charge in [0.1, 0.15) is 5.75 Å². The lowest BCUT2D eigenvalue weighted by Gasteiger charge is -2.11.